The van der Waals surface area contributed by atoms with Crippen molar-refractivity contribution in [2.24, 2.45) is 0 Å². The largest absolute Gasteiger partial charge is 0.338 e. The summed E-state index contributed by atoms with van der Waals surface area (Å²) in [6.07, 6.45) is -2.59. The van der Waals surface area contributed by atoms with Crippen LogP contribution in [0.1, 0.15) is 49.7 Å². The maximum absolute atomic E-state index is 15.9. The van der Waals surface area contributed by atoms with Crippen molar-refractivity contribution in [3.05, 3.63) is 58.4 Å². The molecular weight excluding hydrogens is 386 g/mol. The monoisotopic (exact) mass is 414 g/mol. The molecule has 1 atom stereocenters. The Morgan fingerprint density at radius 1 is 1.43 bits per heavy atom. The number of amides is 1. The molecule has 8 heteroatoms. The zero-order valence-corrected chi connectivity index (χ0v) is 15.9. The molecule has 0 radical (unpaired) electrons. The Morgan fingerprint density at radius 3 is 2.82 bits per heavy atom. The van der Waals surface area contributed by atoms with E-state index < -0.39 is 49.6 Å². The van der Waals surface area contributed by atoms with E-state index in [-0.39, 0.29) is 35.1 Å². The topological polar surface area (TPSA) is 58.1 Å². The molecule has 3 rings (SSSR count). The molecule has 2 aromatic rings. The first-order chi connectivity index (χ1) is 15.6. The molecule has 5 nitrogen and oxygen atoms in total. The Morgan fingerprint density at radius 2 is 2.18 bits per heavy atom. The van der Waals surface area contributed by atoms with E-state index in [0.29, 0.717) is 0 Å². The molecule has 1 aliphatic rings. The minimum Gasteiger partial charge on any atom is -0.338 e. The van der Waals surface area contributed by atoms with E-state index in [9.17, 15) is 9.18 Å². The van der Waals surface area contributed by atoms with Gasteiger partial charge in [-0.15, -0.1) is 0 Å². The first kappa shape index (κ1) is 14.0. The third kappa shape index (κ3) is 5.02. The number of aromatic nitrogens is 2. The molecule has 1 amide bonds. The SMILES string of the molecule is [2H]C([2H])(C)c1cnc(CNC([2H])([2H])C2(F)CCN(C(=O)c3ccc(F)c(Cl)c3)CC2([2H])[2H])nc1. The van der Waals surface area contributed by atoms with Crippen molar-refractivity contribution in [1.29, 1.82) is 0 Å². The first-order valence-corrected chi connectivity index (χ1v) is 8.95. The number of hydrogen-bond acceptors (Lipinski definition) is 4. The molecule has 1 fully saturated rings. The fraction of sp³-hybridized carbons (Fsp3) is 0.450. The standard InChI is InChI=1S/C20H23ClF2N4O/c1-2-14-10-25-18(26-11-14)12-24-13-20(23)5-7-27(8-6-20)19(28)15-3-4-17(22)16(21)9-15/h3-4,9-11,24H,2,5-8,12-13H2,1H3/i2D2,5D2,13D2. The van der Waals surface area contributed by atoms with Crippen molar-refractivity contribution in [3.8, 4) is 0 Å². The van der Waals surface area contributed by atoms with Crippen LogP contribution in [0.2, 0.25) is 5.02 Å². The van der Waals surface area contributed by atoms with Gasteiger partial charge in [0.05, 0.1) is 11.6 Å². The van der Waals surface area contributed by atoms with Crippen LogP contribution in [0.25, 0.3) is 0 Å². The van der Waals surface area contributed by atoms with E-state index in [1.165, 1.54) is 25.4 Å². The molecule has 2 heterocycles. The Hall–Kier alpha value is -2.12. The van der Waals surface area contributed by atoms with E-state index in [2.05, 4.69) is 15.3 Å². The van der Waals surface area contributed by atoms with Crippen LogP contribution in [0, 0.1) is 5.82 Å². The summed E-state index contributed by atoms with van der Waals surface area (Å²) in [7, 11) is 0. The van der Waals surface area contributed by atoms with Gasteiger partial charge in [-0.3, -0.25) is 4.79 Å². The highest BCUT2D eigenvalue weighted by Crippen LogP contribution is 2.27. The quantitative estimate of drug-likeness (QED) is 0.785. The summed E-state index contributed by atoms with van der Waals surface area (Å²) in [5, 5.41) is 2.04. The first-order valence-electron chi connectivity index (χ1n) is 11.6. The lowest BCUT2D eigenvalue weighted by atomic mass is 9.92. The third-order valence-electron chi connectivity index (χ3n) is 4.26. The van der Waals surface area contributed by atoms with Gasteiger partial charge < -0.3 is 10.2 Å². The number of nitrogens with one attached hydrogen (secondary N) is 1. The van der Waals surface area contributed by atoms with Crippen LogP contribution >= 0.6 is 11.6 Å². The number of nitrogens with zero attached hydrogens (tertiary/aromatic N) is 3. The van der Waals surface area contributed by atoms with Crippen LogP contribution in [-0.2, 0) is 12.9 Å². The second-order valence-corrected chi connectivity index (χ2v) is 6.61. The molecule has 150 valence electrons. The summed E-state index contributed by atoms with van der Waals surface area (Å²) in [6, 6.07) is 3.29. The highest BCUT2D eigenvalue weighted by Gasteiger charge is 2.36. The highest BCUT2D eigenvalue weighted by molar-refractivity contribution is 6.31. The Balaban J connectivity index is 1.72. The van der Waals surface area contributed by atoms with Crippen LogP contribution in [-0.4, -0.2) is 46.0 Å². The van der Waals surface area contributed by atoms with Crippen molar-refractivity contribution in [2.45, 2.75) is 38.3 Å². The van der Waals surface area contributed by atoms with Crippen molar-refractivity contribution in [3.63, 3.8) is 0 Å². The van der Waals surface area contributed by atoms with Gasteiger partial charge in [-0.05, 0) is 30.1 Å². The smallest absolute Gasteiger partial charge is 0.253 e. The minimum atomic E-state index is -3.00. The summed E-state index contributed by atoms with van der Waals surface area (Å²) in [5.74, 6) is -1.33. The summed E-state index contributed by atoms with van der Waals surface area (Å²) in [6.45, 7) is -2.86. The average molecular weight is 415 g/mol. The number of carbonyl (C=O) groups excluding carboxylic acids is 1. The van der Waals surface area contributed by atoms with Gasteiger partial charge in [0.2, 0.25) is 0 Å². The number of piperidine rings is 1. The Kier molecular flexibility index (Phi) is 4.45. The van der Waals surface area contributed by atoms with Gasteiger partial charge in [0.1, 0.15) is 17.3 Å². The van der Waals surface area contributed by atoms with Gasteiger partial charge in [-0.25, -0.2) is 18.7 Å². The predicted molar refractivity (Wildman–Crippen MR) is 104 cm³/mol. The van der Waals surface area contributed by atoms with Crippen LogP contribution < -0.4 is 5.32 Å². The fourth-order valence-corrected chi connectivity index (χ4v) is 2.79. The van der Waals surface area contributed by atoms with Crippen LogP contribution in [0.3, 0.4) is 0 Å². The summed E-state index contributed by atoms with van der Waals surface area (Å²) < 4.78 is 77.5. The summed E-state index contributed by atoms with van der Waals surface area (Å²) >= 11 is 5.71. The molecule has 0 bridgehead atoms. The number of benzene rings is 1. The average Bonchev–Trinajstić information content (AvgIpc) is 2.75. The molecule has 0 aliphatic carbocycles. The normalized spacial score (nSPS) is 25.6. The lowest BCUT2D eigenvalue weighted by Gasteiger charge is -2.36. The maximum atomic E-state index is 15.9. The van der Waals surface area contributed by atoms with Gasteiger partial charge in [-0.1, -0.05) is 18.5 Å². The fourth-order valence-electron chi connectivity index (χ4n) is 2.61. The lowest BCUT2D eigenvalue weighted by molar-refractivity contribution is 0.0434. The number of alkyl halides is 1. The number of carbonyl (C=O) groups is 1. The Bertz CT molecular complexity index is 1070. The number of halogens is 3. The van der Waals surface area contributed by atoms with Crippen LogP contribution in [0.4, 0.5) is 8.78 Å². The van der Waals surface area contributed by atoms with Crippen molar-refractivity contribution in [2.75, 3.05) is 19.6 Å². The van der Waals surface area contributed by atoms with Gasteiger partial charge in [0, 0.05) is 58.6 Å². The van der Waals surface area contributed by atoms with E-state index in [1.54, 1.807) is 0 Å². The zero-order chi connectivity index (χ0) is 25.5. The molecule has 1 N–H and O–H groups in total. The van der Waals surface area contributed by atoms with Crippen molar-refractivity contribution >= 4 is 17.5 Å². The van der Waals surface area contributed by atoms with Gasteiger partial charge in [-0.2, -0.15) is 0 Å². The molecule has 1 saturated heterocycles. The number of aryl methyl sites for hydroxylation is 1. The highest BCUT2D eigenvalue weighted by atomic mass is 35.5. The van der Waals surface area contributed by atoms with E-state index in [0.717, 1.165) is 17.0 Å². The molecule has 1 aromatic carbocycles. The zero-order valence-electron chi connectivity index (χ0n) is 21.1. The van der Waals surface area contributed by atoms with Gasteiger partial charge in [0.25, 0.3) is 5.91 Å². The molecule has 1 aromatic heterocycles. The molecule has 1 unspecified atom stereocenters. The molecular formula is C20H23ClF2N4O. The number of rotatable bonds is 6. The van der Waals surface area contributed by atoms with E-state index in [4.69, 9.17) is 19.8 Å². The molecule has 0 spiro atoms. The van der Waals surface area contributed by atoms with Crippen LogP contribution in [0.15, 0.2) is 30.6 Å². The van der Waals surface area contributed by atoms with Gasteiger partial charge >= 0.3 is 0 Å². The second kappa shape index (κ2) is 8.92. The lowest BCUT2D eigenvalue weighted by Crippen LogP contribution is -2.48. The molecule has 1 aliphatic heterocycles. The summed E-state index contributed by atoms with van der Waals surface area (Å²) in [5.41, 5.74) is -2.78. The third-order valence-corrected chi connectivity index (χ3v) is 4.55. The van der Waals surface area contributed by atoms with Gasteiger partial charge in [0.15, 0.2) is 0 Å². The minimum absolute atomic E-state index is 0.00625. The van der Waals surface area contributed by atoms with E-state index in [1.807, 2.05) is 0 Å². The number of likely N-dealkylation sites (tertiary alicyclic amines) is 1. The second-order valence-electron chi connectivity index (χ2n) is 6.20. The molecule has 0 saturated carbocycles. The van der Waals surface area contributed by atoms with E-state index >= 15 is 4.39 Å². The number of hydrogen-bond donors (Lipinski definition) is 1. The van der Waals surface area contributed by atoms with Crippen molar-refractivity contribution in [1.82, 2.24) is 20.2 Å². The Labute approximate surface area is 176 Å². The maximum Gasteiger partial charge on any atom is 0.253 e. The predicted octanol–water partition coefficient (Wildman–Crippen LogP) is 3.57. The van der Waals surface area contributed by atoms with Crippen molar-refractivity contribution < 1.29 is 21.8 Å². The molecule has 28 heavy (non-hydrogen) atoms. The van der Waals surface area contributed by atoms with Crippen LogP contribution in [0.5, 0.6) is 0 Å². The summed E-state index contributed by atoms with van der Waals surface area (Å²) in [4.78, 5) is 21.7.